The summed E-state index contributed by atoms with van der Waals surface area (Å²) in [5.41, 5.74) is 0.0953. The summed E-state index contributed by atoms with van der Waals surface area (Å²) in [7, 11) is 0. The van der Waals surface area contributed by atoms with Crippen LogP contribution in [0.25, 0.3) is 0 Å². The first-order valence-corrected chi connectivity index (χ1v) is 11.9. The van der Waals surface area contributed by atoms with E-state index in [0.717, 1.165) is 36.6 Å². The molecule has 1 aromatic rings. The lowest BCUT2D eigenvalue weighted by atomic mass is 9.52. The molecule has 4 atom stereocenters. The van der Waals surface area contributed by atoms with Crippen molar-refractivity contribution in [3.63, 3.8) is 0 Å². The molecule has 1 saturated heterocycles. The summed E-state index contributed by atoms with van der Waals surface area (Å²) in [5.74, 6) is 1.29. The summed E-state index contributed by atoms with van der Waals surface area (Å²) in [6, 6.07) is 3.67. The van der Waals surface area contributed by atoms with Crippen LogP contribution in [0.2, 0.25) is 0 Å². The molecule has 4 aliphatic rings. The van der Waals surface area contributed by atoms with Gasteiger partial charge in [-0.05, 0) is 63.1 Å². The number of benzene rings is 1. The van der Waals surface area contributed by atoms with E-state index in [1.54, 1.807) is 13.0 Å². The van der Waals surface area contributed by atoms with Gasteiger partial charge in [0, 0.05) is 31.0 Å². The average molecular weight is 428 g/mol. The summed E-state index contributed by atoms with van der Waals surface area (Å²) in [6.45, 7) is 7.78. The number of fused-ring (bicyclic) bond motifs is 1. The number of piperidine rings is 1. The molecule has 168 valence electrons. The van der Waals surface area contributed by atoms with Crippen LogP contribution in [-0.4, -0.2) is 52.6 Å². The number of nitrogens with zero attached hydrogens (tertiary/aromatic N) is 1. The largest absolute Gasteiger partial charge is 0.477 e. The van der Waals surface area contributed by atoms with E-state index in [1.165, 1.54) is 12.8 Å². The van der Waals surface area contributed by atoms with Crippen molar-refractivity contribution in [3.8, 4) is 11.5 Å². The summed E-state index contributed by atoms with van der Waals surface area (Å²) in [5, 5.41) is 12.3. The standard InChI is InChI=1S/C25H33NO5/c1-4-17-8-9-19(30-20(28)5-2)22-21(17)24-12-13-26(14-16-6-7-16)15(3)25(24,29)11-10-18(27)23(24)31-22/h8-9,15-16,23,29H,4-7,10-14H2,1-3H3/t15-,23+,24+,25-/m1/s1. The number of hydrogen-bond donors (Lipinski definition) is 1. The molecule has 1 aromatic carbocycles. The SMILES string of the molecule is CCC(=O)Oc1ccc(CC)c2c1O[C@H]1C(=O)CC[C@@]3(O)[C@@H](C)N(CC4CC4)CC[C@]213. The molecular formula is C25H33NO5. The van der Waals surface area contributed by atoms with Crippen molar-refractivity contribution in [1.29, 1.82) is 0 Å². The highest BCUT2D eigenvalue weighted by Crippen LogP contribution is 2.62. The van der Waals surface area contributed by atoms with Gasteiger partial charge in [-0.15, -0.1) is 0 Å². The minimum absolute atomic E-state index is 0.0403. The van der Waals surface area contributed by atoms with Crippen molar-refractivity contribution in [1.82, 2.24) is 4.90 Å². The number of aryl methyl sites for hydroxylation is 1. The Labute approximate surface area is 183 Å². The quantitative estimate of drug-likeness (QED) is 0.575. The third-order valence-corrected chi connectivity index (χ3v) is 8.27. The van der Waals surface area contributed by atoms with Crippen LogP contribution >= 0.6 is 0 Å². The highest BCUT2D eigenvalue weighted by Gasteiger charge is 2.70. The molecule has 2 heterocycles. The second-order valence-electron chi connectivity index (χ2n) is 9.83. The number of carbonyl (C=O) groups excluding carboxylic acids is 2. The van der Waals surface area contributed by atoms with E-state index >= 15 is 0 Å². The number of carbonyl (C=O) groups is 2. The Kier molecular flexibility index (Phi) is 4.94. The Balaban J connectivity index is 1.65. The molecule has 0 aromatic heterocycles. The molecule has 2 aliphatic heterocycles. The van der Waals surface area contributed by atoms with E-state index in [9.17, 15) is 14.7 Å². The van der Waals surface area contributed by atoms with Crippen LogP contribution < -0.4 is 9.47 Å². The Morgan fingerprint density at radius 3 is 2.74 bits per heavy atom. The minimum atomic E-state index is -1.07. The monoisotopic (exact) mass is 427 g/mol. The number of aliphatic hydroxyl groups is 1. The van der Waals surface area contributed by atoms with Gasteiger partial charge in [0.25, 0.3) is 0 Å². The van der Waals surface area contributed by atoms with Crippen LogP contribution in [-0.2, 0) is 21.4 Å². The zero-order valence-corrected chi connectivity index (χ0v) is 18.8. The van der Waals surface area contributed by atoms with Gasteiger partial charge in [-0.2, -0.15) is 0 Å². The van der Waals surface area contributed by atoms with Gasteiger partial charge in [0.1, 0.15) is 0 Å². The Hall–Kier alpha value is -1.92. The summed E-state index contributed by atoms with van der Waals surface area (Å²) in [6.07, 6.45) is 4.25. The van der Waals surface area contributed by atoms with E-state index in [2.05, 4.69) is 18.7 Å². The second kappa shape index (κ2) is 7.31. The molecule has 2 saturated carbocycles. The van der Waals surface area contributed by atoms with Gasteiger partial charge >= 0.3 is 5.97 Å². The Bertz CT molecular complexity index is 925. The highest BCUT2D eigenvalue weighted by atomic mass is 16.6. The predicted molar refractivity (Wildman–Crippen MR) is 115 cm³/mol. The van der Waals surface area contributed by atoms with Crippen LogP contribution in [0.5, 0.6) is 11.5 Å². The van der Waals surface area contributed by atoms with E-state index in [4.69, 9.17) is 9.47 Å². The van der Waals surface area contributed by atoms with Gasteiger partial charge in [-0.25, -0.2) is 0 Å². The molecular weight excluding hydrogens is 394 g/mol. The first kappa shape index (κ1) is 21.0. The van der Waals surface area contributed by atoms with Gasteiger partial charge in [-0.3, -0.25) is 14.5 Å². The van der Waals surface area contributed by atoms with Crippen molar-refractivity contribution in [2.75, 3.05) is 13.1 Å². The molecule has 0 amide bonds. The van der Waals surface area contributed by atoms with Crippen molar-refractivity contribution >= 4 is 11.8 Å². The number of likely N-dealkylation sites (tertiary alicyclic amines) is 1. The molecule has 1 N–H and O–H groups in total. The zero-order valence-electron chi connectivity index (χ0n) is 18.8. The van der Waals surface area contributed by atoms with Crippen LogP contribution in [0.15, 0.2) is 12.1 Å². The topological polar surface area (TPSA) is 76.1 Å². The number of Topliss-reactive ketones (excluding diaryl/α,β-unsaturated/α-hetero) is 1. The van der Waals surface area contributed by atoms with Crippen LogP contribution in [0.4, 0.5) is 0 Å². The fourth-order valence-corrected chi connectivity index (χ4v) is 6.33. The van der Waals surface area contributed by atoms with Crippen molar-refractivity contribution in [3.05, 3.63) is 23.3 Å². The third kappa shape index (κ3) is 2.91. The minimum Gasteiger partial charge on any atom is -0.477 e. The maximum absolute atomic E-state index is 13.1. The van der Waals surface area contributed by atoms with E-state index < -0.39 is 17.1 Å². The first-order chi connectivity index (χ1) is 14.9. The fourth-order valence-electron chi connectivity index (χ4n) is 6.33. The number of hydrogen-bond acceptors (Lipinski definition) is 6. The molecule has 3 fully saturated rings. The van der Waals surface area contributed by atoms with E-state index in [1.807, 2.05) is 6.07 Å². The smallest absolute Gasteiger partial charge is 0.311 e. The van der Waals surface area contributed by atoms with Crippen LogP contribution in [0.3, 0.4) is 0 Å². The van der Waals surface area contributed by atoms with Gasteiger partial charge in [-0.1, -0.05) is 19.9 Å². The first-order valence-electron chi connectivity index (χ1n) is 11.9. The summed E-state index contributed by atoms with van der Waals surface area (Å²) in [4.78, 5) is 27.6. The Morgan fingerprint density at radius 2 is 2.06 bits per heavy atom. The van der Waals surface area contributed by atoms with Gasteiger partial charge in [0.2, 0.25) is 0 Å². The fraction of sp³-hybridized carbons (Fsp3) is 0.680. The number of ether oxygens (including phenoxy) is 2. The normalized spacial score (nSPS) is 34.5. The van der Waals surface area contributed by atoms with Gasteiger partial charge in [0.15, 0.2) is 23.4 Å². The molecule has 5 rings (SSSR count). The predicted octanol–water partition coefficient (Wildman–Crippen LogP) is 3.16. The number of rotatable bonds is 5. The zero-order chi connectivity index (χ0) is 22.0. The van der Waals surface area contributed by atoms with Gasteiger partial charge in [0.05, 0.1) is 11.0 Å². The maximum atomic E-state index is 13.1. The molecule has 31 heavy (non-hydrogen) atoms. The molecule has 6 nitrogen and oxygen atoms in total. The molecule has 2 aliphatic carbocycles. The summed E-state index contributed by atoms with van der Waals surface area (Å²) >= 11 is 0. The lowest BCUT2D eigenvalue weighted by Gasteiger charge is -2.59. The Morgan fingerprint density at radius 1 is 1.29 bits per heavy atom. The van der Waals surface area contributed by atoms with Crippen LogP contribution in [0.1, 0.15) is 70.4 Å². The molecule has 0 bridgehead atoms. The van der Waals surface area contributed by atoms with Crippen LogP contribution in [0, 0.1) is 5.92 Å². The molecule has 0 radical (unpaired) electrons. The lowest BCUT2D eigenvalue weighted by Crippen LogP contribution is -2.74. The van der Waals surface area contributed by atoms with Gasteiger partial charge < -0.3 is 14.6 Å². The third-order valence-electron chi connectivity index (χ3n) is 8.27. The lowest BCUT2D eigenvalue weighted by molar-refractivity contribution is -0.181. The second-order valence-corrected chi connectivity index (χ2v) is 9.83. The number of ketones is 1. The van der Waals surface area contributed by atoms with E-state index in [-0.39, 0.29) is 24.2 Å². The van der Waals surface area contributed by atoms with E-state index in [0.29, 0.717) is 30.8 Å². The molecule has 6 heteroatoms. The molecule has 1 spiro atoms. The summed E-state index contributed by atoms with van der Waals surface area (Å²) < 4.78 is 11.9. The maximum Gasteiger partial charge on any atom is 0.311 e. The molecule has 0 unspecified atom stereocenters. The van der Waals surface area contributed by atoms with Crippen molar-refractivity contribution in [2.45, 2.75) is 88.9 Å². The highest BCUT2D eigenvalue weighted by molar-refractivity contribution is 5.90. The number of esters is 1. The van der Waals surface area contributed by atoms with Crippen molar-refractivity contribution in [2.24, 2.45) is 5.92 Å². The van der Waals surface area contributed by atoms with Crippen molar-refractivity contribution < 1.29 is 24.2 Å². The average Bonchev–Trinajstić information content (AvgIpc) is 3.51.